The predicted octanol–water partition coefficient (Wildman–Crippen LogP) is 2.26. The summed E-state index contributed by atoms with van der Waals surface area (Å²) in [6, 6.07) is 0. The summed E-state index contributed by atoms with van der Waals surface area (Å²) < 4.78 is 5.34. The van der Waals surface area contributed by atoms with Gasteiger partial charge in [-0.05, 0) is 19.1 Å². The second kappa shape index (κ2) is 6.41. The molecule has 2 rings (SSSR count). The molecule has 19 heavy (non-hydrogen) atoms. The molecule has 1 fully saturated rings. The maximum atomic E-state index is 11.8. The Labute approximate surface area is 118 Å². The van der Waals surface area contributed by atoms with Crippen LogP contribution < -0.4 is 0 Å². The highest BCUT2D eigenvalue weighted by Gasteiger charge is 2.27. The van der Waals surface area contributed by atoms with Gasteiger partial charge in [0.05, 0.1) is 5.75 Å². The first-order valence-electron chi connectivity index (χ1n) is 6.72. The molecular formula is C13H21N3O2S. The summed E-state index contributed by atoms with van der Waals surface area (Å²) in [6.07, 6.45) is 3.79. The number of hydrogen-bond acceptors (Lipinski definition) is 5. The Hall–Kier alpha value is -1.04. The van der Waals surface area contributed by atoms with Crippen LogP contribution in [0.4, 0.5) is 0 Å². The summed E-state index contributed by atoms with van der Waals surface area (Å²) in [5.74, 6) is 2.91. The highest BCUT2D eigenvalue weighted by atomic mass is 32.2. The Kier molecular flexibility index (Phi) is 4.85. The van der Waals surface area contributed by atoms with E-state index in [1.807, 2.05) is 11.2 Å². The number of piperidine rings is 1. The van der Waals surface area contributed by atoms with Gasteiger partial charge in [0.2, 0.25) is 11.8 Å². The van der Waals surface area contributed by atoms with Gasteiger partial charge in [-0.2, -0.15) is 16.7 Å². The summed E-state index contributed by atoms with van der Waals surface area (Å²) in [5, 5.41) is 4.00. The second-order valence-corrected chi connectivity index (χ2v) is 6.10. The fourth-order valence-electron chi connectivity index (χ4n) is 2.24. The zero-order chi connectivity index (χ0) is 13.8. The SMILES string of the molecule is CSCC(=O)N1CCC(c2nc(C(C)C)no2)CC1. The number of likely N-dealkylation sites (tertiary alicyclic amines) is 1. The lowest BCUT2D eigenvalue weighted by Crippen LogP contribution is -2.38. The van der Waals surface area contributed by atoms with E-state index in [-0.39, 0.29) is 5.91 Å². The van der Waals surface area contributed by atoms with Crippen LogP contribution in [0.3, 0.4) is 0 Å². The maximum Gasteiger partial charge on any atom is 0.232 e. The topological polar surface area (TPSA) is 59.2 Å². The molecule has 0 unspecified atom stereocenters. The molecule has 0 atom stereocenters. The Bertz CT molecular complexity index is 425. The molecule has 2 heterocycles. The molecule has 1 amide bonds. The van der Waals surface area contributed by atoms with Crippen molar-refractivity contribution in [2.45, 2.75) is 38.5 Å². The smallest absolute Gasteiger partial charge is 0.232 e. The van der Waals surface area contributed by atoms with Crippen molar-refractivity contribution < 1.29 is 9.32 Å². The van der Waals surface area contributed by atoms with E-state index in [4.69, 9.17) is 4.52 Å². The summed E-state index contributed by atoms with van der Waals surface area (Å²) in [7, 11) is 0. The highest BCUT2D eigenvalue weighted by Crippen LogP contribution is 2.27. The lowest BCUT2D eigenvalue weighted by Gasteiger charge is -2.30. The first kappa shape index (κ1) is 14.4. The van der Waals surface area contributed by atoms with Crippen LogP contribution in [-0.2, 0) is 4.79 Å². The first-order valence-corrected chi connectivity index (χ1v) is 8.11. The molecule has 0 saturated carbocycles. The van der Waals surface area contributed by atoms with E-state index in [1.165, 1.54) is 0 Å². The normalized spacial score (nSPS) is 17.2. The molecule has 0 radical (unpaired) electrons. The molecule has 0 aliphatic carbocycles. The summed E-state index contributed by atoms with van der Waals surface area (Å²) in [5.41, 5.74) is 0. The zero-order valence-electron chi connectivity index (χ0n) is 11.8. The molecule has 1 aliphatic heterocycles. The number of rotatable bonds is 4. The third-order valence-electron chi connectivity index (χ3n) is 3.44. The number of amides is 1. The van der Waals surface area contributed by atoms with Gasteiger partial charge in [-0.1, -0.05) is 19.0 Å². The van der Waals surface area contributed by atoms with Gasteiger partial charge in [0.25, 0.3) is 0 Å². The largest absolute Gasteiger partial charge is 0.342 e. The molecule has 0 N–H and O–H groups in total. The lowest BCUT2D eigenvalue weighted by atomic mass is 9.97. The minimum Gasteiger partial charge on any atom is -0.342 e. The summed E-state index contributed by atoms with van der Waals surface area (Å²) >= 11 is 1.58. The number of thioether (sulfide) groups is 1. The third-order valence-corrected chi connectivity index (χ3v) is 3.97. The van der Waals surface area contributed by atoms with Crippen LogP contribution in [0.1, 0.15) is 50.2 Å². The molecular weight excluding hydrogens is 262 g/mol. The molecule has 1 aromatic heterocycles. The Morgan fingerprint density at radius 1 is 1.47 bits per heavy atom. The maximum absolute atomic E-state index is 11.8. The first-order chi connectivity index (χ1) is 9.11. The second-order valence-electron chi connectivity index (χ2n) is 5.23. The van der Waals surface area contributed by atoms with Gasteiger partial charge in [-0.15, -0.1) is 0 Å². The average molecular weight is 283 g/mol. The number of carbonyl (C=O) groups excluding carboxylic acids is 1. The van der Waals surface area contributed by atoms with Gasteiger partial charge >= 0.3 is 0 Å². The van der Waals surface area contributed by atoms with Crippen molar-refractivity contribution in [3.05, 3.63) is 11.7 Å². The van der Waals surface area contributed by atoms with Gasteiger partial charge in [0.15, 0.2) is 5.82 Å². The fraction of sp³-hybridized carbons (Fsp3) is 0.769. The van der Waals surface area contributed by atoms with Gasteiger partial charge in [-0.25, -0.2) is 0 Å². The zero-order valence-corrected chi connectivity index (χ0v) is 12.6. The quantitative estimate of drug-likeness (QED) is 0.848. The molecule has 6 heteroatoms. The minimum absolute atomic E-state index is 0.236. The van der Waals surface area contributed by atoms with Crippen molar-refractivity contribution in [2.24, 2.45) is 0 Å². The molecule has 0 aromatic carbocycles. The highest BCUT2D eigenvalue weighted by molar-refractivity contribution is 7.99. The number of nitrogens with zero attached hydrogens (tertiary/aromatic N) is 3. The van der Waals surface area contributed by atoms with Crippen LogP contribution in [0, 0.1) is 0 Å². The predicted molar refractivity (Wildman–Crippen MR) is 75.3 cm³/mol. The van der Waals surface area contributed by atoms with E-state index in [0.29, 0.717) is 17.6 Å². The van der Waals surface area contributed by atoms with E-state index in [2.05, 4.69) is 24.0 Å². The van der Waals surface area contributed by atoms with Crippen LogP contribution >= 0.6 is 11.8 Å². The van der Waals surface area contributed by atoms with Crippen molar-refractivity contribution in [2.75, 3.05) is 25.1 Å². The number of carbonyl (C=O) groups is 1. The van der Waals surface area contributed by atoms with Crippen molar-refractivity contribution in [1.29, 1.82) is 0 Å². The van der Waals surface area contributed by atoms with Gasteiger partial charge in [0.1, 0.15) is 0 Å². The summed E-state index contributed by atoms with van der Waals surface area (Å²) in [4.78, 5) is 18.2. The molecule has 1 aliphatic rings. The molecule has 0 spiro atoms. The van der Waals surface area contributed by atoms with E-state index >= 15 is 0 Å². The van der Waals surface area contributed by atoms with E-state index in [0.717, 1.165) is 37.6 Å². The third kappa shape index (κ3) is 3.49. The molecule has 1 aromatic rings. The monoisotopic (exact) mass is 283 g/mol. The van der Waals surface area contributed by atoms with Gasteiger partial charge in [0, 0.05) is 24.9 Å². The Balaban J connectivity index is 1.90. The number of hydrogen-bond donors (Lipinski definition) is 0. The van der Waals surface area contributed by atoms with Crippen LogP contribution in [0.5, 0.6) is 0 Å². The van der Waals surface area contributed by atoms with Crippen molar-refractivity contribution in [1.82, 2.24) is 15.0 Å². The molecule has 1 saturated heterocycles. The minimum atomic E-state index is 0.236. The molecule has 5 nitrogen and oxygen atoms in total. The molecule has 0 bridgehead atoms. The van der Waals surface area contributed by atoms with Gasteiger partial charge in [-0.3, -0.25) is 4.79 Å². The van der Waals surface area contributed by atoms with Crippen LogP contribution in [-0.4, -0.2) is 46.0 Å². The van der Waals surface area contributed by atoms with Crippen molar-refractivity contribution in [3.63, 3.8) is 0 Å². The molecule has 106 valence electrons. The number of aromatic nitrogens is 2. The van der Waals surface area contributed by atoms with Gasteiger partial charge < -0.3 is 9.42 Å². The summed E-state index contributed by atoms with van der Waals surface area (Å²) in [6.45, 7) is 5.70. The fourth-order valence-corrected chi connectivity index (χ4v) is 2.67. The van der Waals surface area contributed by atoms with Crippen molar-refractivity contribution in [3.8, 4) is 0 Å². The van der Waals surface area contributed by atoms with Crippen LogP contribution in [0.25, 0.3) is 0 Å². The Morgan fingerprint density at radius 2 is 2.16 bits per heavy atom. The average Bonchev–Trinajstić information content (AvgIpc) is 2.89. The van der Waals surface area contributed by atoms with E-state index in [1.54, 1.807) is 11.8 Å². The van der Waals surface area contributed by atoms with Crippen molar-refractivity contribution >= 4 is 17.7 Å². The van der Waals surface area contributed by atoms with Crippen LogP contribution in [0.15, 0.2) is 4.52 Å². The Morgan fingerprint density at radius 3 is 2.68 bits per heavy atom. The lowest BCUT2D eigenvalue weighted by molar-refractivity contribution is -0.129. The van der Waals surface area contributed by atoms with E-state index < -0.39 is 0 Å². The van der Waals surface area contributed by atoms with E-state index in [9.17, 15) is 4.79 Å². The standard InChI is InChI=1S/C13H21N3O2S/c1-9(2)12-14-13(18-15-12)10-4-6-16(7-5-10)11(17)8-19-3/h9-10H,4-8H2,1-3H3. The van der Waals surface area contributed by atoms with Crippen LogP contribution in [0.2, 0.25) is 0 Å².